The molecular formula is C25H33ClN2O5S. The van der Waals surface area contributed by atoms with Crippen molar-refractivity contribution in [2.75, 3.05) is 12.9 Å². The quantitative estimate of drug-likeness (QED) is 0.462. The van der Waals surface area contributed by atoms with Crippen LogP contribution in [0.4, 0.5) is 0 Å². The van der Waals surface area contributed by atoms with E-state index < -0.39 is 15.3 Å². The van der Waals surface area contributed by atoms with Crippen LogP contribution in [-0.2, 0) is 14.6 Å². The predicted molar refractivity (Wildman–Crippen MR) is 132 cm³/mol. The molecule has 9 heteroatoms. The predicted octanol–water partition coefficient (Wildman–Crippen LogP) is 4.83. The minimum Gasteiger partial charge on any atom is -0.494 e. The van der Waals surface area contributed by atoms with E-state index in [1.165, 1.54) is 18.4 Å². The lowest BCUT2D eigenvalue weighted by Gasteiger charge is -2.32. The van der Waals surface area contributed by atoms with Crippen molar-refractivity contribution >= 4 is 27.3 Å². The molecule has 7 nitrogen and oxygen atoms in total. The van der Waals surface area contributed by atoms with Crippen LogP contribution < -0.4 is 14.8 Å². The lowest BCUT2D eigenvalue weighted by molar-refractivity contribution is -0.130. The maximum Gasteiger partial charge on any atom is 0.225 e. The summed E-state index contributed by atoms with van der Waals surface area (Å²) in [6.45, 7) is 4.35. The zero-order chi connectivity index (χ0) is 24.8. The highest BCUT2D eigenvalue weighted by Crippen LogP contribution is 2.28. The Bertz CT molecular complexity index is 1060. The molecule has 1 N–H and O–H groups in total. The number of nitrogens with one attached hydrogen (secondary N) is 1. The molecule has 1 heterocycles. The van der Waals surface area contributed by atoms with Crippen LogP contribution >= 0.6 is 11.6 Å². The van der Waals surface area contributed by atoms with Gasteiger partial charge < -0.3 is 14.8 Å². The largest absolute Gasteiger partial charge is 0.494 e. The molecule has 1 aromatic carbocycles. The lowest BCUT2D eigenvalue weighted by Crippen LogP contribution is -2.45. The SMILES string of the molecule is CC(C)(CCCOc1ccc(S(C)(=O)=O)cc1)C(=O)NC1CCC(Oc2cncc(Cl)c2)CC1. The summed E-state index contributed by atoms with van der Waals surface area (Å²) in [5.74, 6) is 1.34. The summed E-state index contributed by atoms with van der Waals surface area (Å²) < 4.78 is 34.8. The Hall–Kier alpha value is -2.32. The molecule has 0 atom stereocenters. The van der Waals surface area contributed by atoms with Gasteiger partial charge in [-0.2, -0.15) is 0 Å². The van der Waals surface area contributed by atoms with Crippen LogP contribution in [0.5, 0.6) is 11.5 Å². The summed E-state index contributed by atoms with van der Waals surface area (Å²) in [6.07, 6.45) is 9.37. The van der Waals surface area contributed by atoms with Crippen LogP contribution in [0.15, 0.2) is 47.6 Å². The van der Waals surface area contributed by atoms with Gasteiger partial charge in [0.2, 0.25) is 5.91 Å². The number of hydrogen-bond acceptors (Lipinski definition) is 6. The molecule has 1 aromatic heterocycles. The Kier molecular flexibility index (Phi) is 8.82. The van der Waals surface area contributed by atoms with Crippen LogP contribution in [0.1, 0.15) is 52.4 Å². The van der Waals surface area contributed by atoms with E-state index in [4.69, 9.17) is 21.1 Å². The number of hydrogen-bond donors (Lipinski definition) is 1. The van der Waals surface area contributed by atoms with E-state index in [0.29, 0.717) is 36.0 Å². The summed E-state index contributed by atoms with van der Waals surface area (Å²) in [5, 5.41) is 3.76. The maximum atomic E-state index is 12.9. The molecule has 0 aliphatic heterocycles. The van der Waals surface area contributed by atoms with E-state index in [-0.39, 0.29) is 22.9 Å². The van der Waals surface area contributed by atoms with Crippen molar-refractivity contribution in [1.82, 2.24) is 10.3 Å². The summed E-state index contributed by atoms with van der Waals surface area (Å²) in [7, 11) is -3.22. The molecule has 1 saturated carbocycles. The van der Waals surface area contributed by atoms with Gasteiger partial charge in [-0.15, -0.1) is 0 Å². The minimum atomic E-state index is -3.22. The van der Waals surface area contributed by atoms with E-state index in [2.05, 4.69) is 10.3 Å². The van der Waals surface area contributed by atoms with E-state index in [9.17, 15) is 13.2 Å². The van der Waals surface area contributed by atoms with Crippen molar-refractivity contribution in [1.29, 1.82) is 0 Å². The highest BCUT2D eigenvalue weighted by molar-refractivity contribution is 7.90. The maximum absolute atomic E-state index is 12.9. The van der Waals surface area contributed by atoms with Gasteiger partial charge in [0, 0.05) is 30.0 Å². The summed E-state index contributed by atoms with van der Waals surface area (Å²) in [6, 6.07) is 8.28. The Morgan fingerprint density at radius 1 is 1.12 bits per heavy atom. The summed E-state index contributed by atoms with van der Waals surface area (Å²) in [4.78, 5) is 17.2. The number of halogens is 1. The molecule has 2 aromatic rings. The molecule has 1 aliphatic rings. The summed E-state index contributed by atoms with van der Waals surface area (Å²) in [5.41, 5.74) is -0.511. The van der Waals surface area contributed by atoms with Gasteiger partial charge in [0.25, 0.3) is 0 Å². The van der Waals surface area contributed by atoms with Crippen molar-refractivity contribution < 1.29 is 22.7 Å². The lowest BCUT2D eigenvalue weighted by atomic mass is 9.85. The fourth-order valence-electron chi connectivity index (χ4n) is 3.96. The number of amides is 1. The topological polar surface area (TPSA) is 94.6 Å². The van der Waals surface area contributed by atoms with E-state index in [1.807, 2.05) is 13.8 Å². The average molecular weight is 509 g/mol. The third-order valence-corrected chi connectivity index (χ3v) is 7.41. The van der Waals surface area contributed by atoms with Crippen LogP contribution in [-0.4, -0.2) is 44.3 Å². The molecule has 0 unspecified atom stereocenters. The van der Waals surface area contributed by atoms with Crippen molar-refractivity contribution in [3.05, 3.63) is 47.7 Å². The first-order valence-electron chi connectivity index (χ1n) is 11.5. The zero-order valence-electron chi connectivity index (χ0n) is 19.9. The van der Waals surface area contributed by atoms with Gasteiger partial charge in [0.1, 0.15) is 11.5 Å². The molecule has 3 rings (SSSR count). The third kappa shape index (κ3) is 7.87. The van der Waals surface area contributed by atoms with Crippen LogP contribution in [0.3, 0.4) is 0 Å². The molecule has 0 radical (unpaired) electrons. The van der Waals surface area contributed by atoms with Gasteiger partial charge in [-0.25, -0.2) is 8.42 Å². The fraction of sp³-hybridized carbons (Fsp3) is 0.520. The average Bonchev–Trinajstić information content (AvgIpc) is 2.78. The van der Waals surface area contributed by atoms with E-state index >= 15 is 0 Å². The number of sulfone groups is 1. The molecule has 186 valence electrons. The van der Waals surface area contributed by atoms with E-state index in [1.54, 1.807) is 30.6 Å². The molecule has 1 aliphatic carbocycles. The second kappa shape index (κ2) is 11.4. The van der Waals surface area contributed by atoms with Gasteiger partial charge in [-0.3, -0.25) is 9.78 Å². The first kappa shape index (κ1) is 26.3. The second-order valence-corrected chi connectivity index (χ2v) is 11.9. The Balaban J connectivity index is 1.37. The van der Waals surface area contributed by atoms with Crippen molar-refractivity contribution in [2.45, 2.75) is 69.4 Å². The Morgan fingerprint density at radius 3 is 2.41 bits per heavy atom. The summed E-state index contributed by atoms with van der Waals surface area (Å²) >= 11 is 5.96. The molecule has 1 amide bonds. The van der Waals surface area contributed by atoms with Crippen molar-refractivity contribution in [3.8, 4) is 11.5 Å². The number of nitrogens with zero attached hydrogens (tertiary/aromatic N) is 1. The highest BCUT2D eigenvalue weighted by atomic mass is 35.5. The molecule has 0 saturated heterocycles. The number of ether oxygens (including phenoxy) is 2. The van der Waals surface area contributed by atoms with Gasteiger partial charge in [-0.1, -0.05) is 25.4 Å². The van der Waals surface area contributed by atoms with Gasteiger partial charge >= 0.3 is 0 Å². The minimum absolute atomic E-state index is 0.0495. The molecule has 0 spiro atoms. The van der Waals surface area contributed by atoms with Crippen molar-refractivity contribution in [3.63, 3.8) is 0 Å². The fourth-order valence-corrected chi connectivity index (χ4v) is 4.75. The number of carbonyl (C=O) groups is 1. The number of carbonyl (C=O) groups excluding carboxylic acids is 1. The van der Waals surface area contributed by atoms with Crippen LogP contribution in [0, 0.1) is 5.41 Å². The van der Waals surface area contributed by atoms with Gasteiger partial charge in [-0.05, 0) is 62.8 Å². The number of pyridine rings is 1. The molecular weight excluding hydrogens is 476 g/mol. The second-order valence-electron chi connectivity index (χ2n) is 9.48. The third-order valence-electron chi connectivity index (χ3n) is 6.07. The van der Waals surface area contributed by atoms with Crippen LogP contribution in [0.25, 0.3) is 0 Å². The standard InChI is InChI=1S/C25H33ClN2O5S/c1-25(2,13-4-14-32-20-9-11-23(12-10-20)34(3,30)31)24(29)28-19-5-7-21(8-6-19)33-22-15-18(26)16-27-17-22/h9-12,15-17,19,21H,4-8,13-14H2,1-3H3,(H,28,29). The van der Waals surface area contributed by atoms with E-state index in [0.717, 1.165) is 25.7 Å². The highest BCUT2D eigenvalue weighted by Gasteiger charge is 2.31. The zero-order valence-corrected chi connectivity index (χ0v) is 21.5. The molecule has 1 fully saturated rings. The Morgan fingerprint density at radius 2 is 1.79 bits per heavy atom. The van der Waals surface area contributed by atoms with Crippen molar-refractivity contribution in [2.24, 2.45) is 5.41 Å². The monoisotopic (exact) mass is 508 g/mol. The van der Waals surface area contributed by atoms with Gasteiger partial charge in [0.15, 0.2) is 9.84 Å². The smallest absolute Gasteiger partial charge is 0.225 e. The number of rotatable bonds is 10. The number of aromatic nitrogens is 1. The first-order valence-corrected chi connectivity index (χ1v) is 13.8. The molecule has 0 bridgehead atoms. The van der Waals surface area contributed by atoms with Crippen LogP contribution in [0.2, 0.25) is 5.02 Å². The number of benzene rings is 1. The molecule has 34 heavy (non-hydrogen) atoms. The normalized spacial score (nSPS) is 18.8. The van der Waals surface area contributed by atoms with Gasteiger partial charge in [0.05, 0.1) is 28.8 Å². The first-order chi connectivity index (χ1) is 16.0. The Labute approximate surface area is 207 Å².